The minimum absolute atomic E-state index is 0. The van der Waals surface area contributed by atoms with Gasteiger partial charge in [0.15, 0.2) is 0 Å². The molecule has 1 atom stereocenters. The Morgan fingerprint density at radius 1 is 0.875 bits per heavy atom. The number of nitrogens with zero attached hydrogens (tertiary/aromatic N) is 1. The van der Waals surface area contributed by atoms with Crippen LogP contribution in [0.5, 0.6) is 5.75 Å². The zero-order valence-electron chi connectivity index (χ0n) is 24.1. The van der Waals surface area contributed by atoms with Crippen molar-refractivity contribution in [2.75, 3.05) is 26.9 Å². The number of unbranched alkanes of at least 4 members (excludes halogenated alkanes) is 8. The normalized spacial score (nSPS) is 14.2. The molecule has 6 heteroatoms. The zero-order chi connectivity index (χ0) is 27.7. The van der Waals surface area contributed by atoms with Gasteiger partial charge in [-0.2, -0.15) is 0 Å². The summed E-state index contributed by atoms with van der Waals surface area (Å²) < 4.78 is 11.4. The summed E-state index contributed by atoms with van der Waals surface area (Å²) >= 11 is 0. The van der Waals surface area contributed by atoms with Crippen LogP contribution in [0.25, 0.3) is 0 Å². The van der Waals surface area contributed by atoms with E-state index in [0.29, 0.717) is 25.1 Å². The molecule has 0 saturated carbocycles. The van der Waals surface area contributed by atoms with Crippen molar-refractivity contribution in [1.82, 2.24) is 10.2 Å². The van der Waals surface area contributed by atoms with Crippen LogP contribution in [-0.2, 0) is 22.5 Å². The van der Waals surface area contributed by atoms with Gasteiger partial charge in [-0.05, 0) is 61.1 Å². The first-order valence-corrected chi connectivity index (χ1v) is 15.0. The number of methoxy groups -OCH3 is 1. The van der Waals surface area contributed by atoms with Gasteiger partial charge in [-0.3, -0.25) is 9.59 Å². The van der Waals surface area contributed by atoms with Crippen LogP contribution in [0.2, 0.25) is 0 Å². The number of amides is 2. The molecule has 1 heterocycles. The summed E-state index contributed by atoms with van der Waals surface area (Å²) in [4.78, 5) is 27.1. The summed E-state index contributed by atoms with van der Waals surface area (Å²) in [5, 5.41) is 2.99. The fourth-order valence-corrected chi connectivity index (χ4v) is 5.14. The Morgan fingerprint density at radius 2 is 1.52 bits per heavy atom. The van der Waals surface area contributed by atoms with Crippen molar-refractivity contribution >= 4 is 11.8 Å². The van der Waals surface area contributed by atoms with E-state index in [-0.39, 0.29) is 25.3 Å². The molecule has 2 aromatic carbocycles. The highest BCUT2D eigenvalue weighted by atomic mass is 16.5. The Hall–Kier alpha value is -2.86. The number of hydrogen-bond donors (Lipinski definition) is 1. The fraction of sp³-hybridized carbons (Fsp3) is 0.588. The molecule has 6 nitrogen and oxygen atoms in total. The first-order chi connectivity index (χ1) is 19.1. The molecule has 2 amide bonds. The third-order valence-corrected chi connectivity index (χ3v) is 7.56. The lowest BCUT2D eigenvalue weighted by atomic mass is 9.93. The molecule has 222 valence electrons. The summed E-state index contributed by atoms with van der Waals surface area (Å²) in [7, 11) is 1.63. The topological polar surface area (TPSA) is 67.9 Å². The lowest BCUT2D eigenvalue weighted by Crippen LogP contribution is -2.46. The molecule has 0 aliphatic carbocycles. The van der Waals surface area contributed by atoms with Crippen molar-refractivity contribution in [1.29, 1.82) is 0 Å². The van der Waals surface area contributed by atoms with Gasteiger partial charge in [0, 0.05) is 31.7 Å². The molecule has 2 aromatic rings. The predicted octanol–water partition coefficient (Wildman–Crippen LogP) is 7.34. The lowest BCUT2D eigenvalue weighted by Gasteiger charge is -2.37. The van der Waals surface area contributed by atoms with Gasteiger partial charge in [0.25, 0.3) is 5.91 Å². The number of fused-ring (bicyclic) bond motifs is 1. The highest BCUT2D eigenvalue weighted by Crippen LogP contribution is 2.26. The molecule has 3 rings (SSSR count). The van der Waals surface area contributed by atoms with E-state index in [2.05, 4.69) is 30.4 Å². The molecule has 0 saturated heterocycles. The van der Waals surface area contributed by atoms with Gasteiger partial charge >= 0.3 is 0 Å². The van der Waals surface area contributed by atoms with Crippen LogP contribution in [-0.4, -0.2) is 49.6 Å². The molecule has 40 heavy (non-hydrogen) atoms. The number of carbonyl (C=O) groups excluding carboxylic acids is 2. The number of carbonyl (C=O) groups is 2. The largest absolute Gasteiger partial charge is 0.497 e. The summed E-state index contributed by atoms with van der Waals surface area (Å²) in [6, 6.07) is 15.8. The second kappa shape index (κ2) is 19.3. The van der Waals surface area contributed by atoms with Crippen LogP contribution < -0.4 is 10.1 Å². The Morgan fingerprint density at radius 3 is 2.20 bits per heavy atom. The van der Waals surface area contributed by atoms with Gasteiger partial charge in [0.2, 0.25) is 5.91 Å². The standard InChI is InChI=1S/C33H48N2O4.CH4/c1-3-4-22-34-32(36)17-11-9-7-5-6-8-10-14-23-39-26-30-24-28-15-12-13-16-29(28)25-35(30)33(37)27-18-20-31(38-2)21-19-27;/h12-13,15-16,18-21,30H,3-11,14,17,22-26H2,1-2H3,(H,34,36);1H4. The van der Waals surface area contributed by atoms with Gasteiger partial charge in [-0.1, -0.05) is 83.6 Å². The van der Waals surface area contributed by atoms with E-state index in [9.17, 15) is 9.59 Å². The minimum Gasteiger partial charge on any atom is -0.497 e. The Kier molecular flexibility index (Phi) is 16.1. The minimum atomic E-state index is 0. The third kappa shape index (κ3) is 11.3. The van der Waals surface area contributed by atoms with Crippen molar-refractivity contribution in [2.45, 2.75) is 104 Å². The van der Waals surface area contributed by atoms with E-state index in [1.165, 1.54) is 43.2 Å². The summed E-state index contributed by atoms with van der Waals surface area (Å²) in [6.45, 7) is 4.85. The van der Waals surface area contributed by atoms with Gasteiger partial charge in [0.1, 0.15) is 5.75 Å². The van der Waals surface area contributed by atoms with Crippen molar-refractivity contribution in [3.05, 3.63) is 65.2 Å². The second-order valence-electron chi connectivity index (χ2n) is 10.6. The highest BCUT2D eigenvalue weighted by molar-refractivity contribution is 5.94. The van der Waals surface area contributed by atoms with E-state index >= 15 is 0 Å². The first kappa shape index (κ1) is 33.3. The maximum absolute atomic E-state index is 13.4. The predicted molar refractivity (Wildman–Crippen MR) is 164 cm³/mol. The van der Waals surface area contributed by atoms with Crippen LogP contribution in [0.1, 0.15) is 106 Å². The maximum Gasteiger partial charge on any atom is 0.254 e. The lowest BCUT2D eigenvalue weighted by molar-refractivity contribution is -0.121. The van der Waals surface area contributed by atoms with Crippen LogP contribution >= 0.6 is 0 Å². The quantitative estimate of drug-likeness (QED) is 0.196. The van der Waals surface area contributed by atoms with E-state index in [1.807, 2.05) is 35.2 Å². The maximum atomic E-state index is 13.4. The average molecular weight is 553 g/mol. The molecule has 0 bridgehead atoms. The molecule has 1 unspecified atom stereocenters. The van der Waals surface area contributed by atoms with Crippen LogP contribution in [0.4, 0.5) is 0 Å². The molecule has 0 radical (unpaired) electrons. The van der Waals surface area contributed by atoms with Gasteiger partial charge in [-0.25, -0.2) is 0 Å². The van der Waals surface area contributed by atoms with Crippen LogP contribution in [0, 0.1) is 0 Å². The van der Waals surface area contributed by atoms with Crippen molar-refractivity contribution in [3.63, 3.8) is 0 Å². The molecule has 1 N–H and O–H groups in total. The molecule has 0 fully saturated rings. The van der Waals surface area contributed by atoms with Gasteiger partial charge < -0.3 is 19.7 Å². The highest BCUT2D eigenvalue weighted by Gasteiger charge is 2.30. The molecule has 1 aliphatic heterocycles. The van der Waals surface area contributed by atoms with Crippen LogP contribution in [0.3, 0.4) is 0 Å². The monoisotopic (exact) mass is 552 g/mol. The second-order valence-corrected chi connectivity index (χ2v) is 10.6. The molecular weight excluding hydrogens is 500 g/mol. The van der Waals surface area contributed by atoms with E-state index in [4.69, 9.17) is 9.47 Å². The SMILES string of the molecule is C.CCCCNC(=O)CCCCCCCCCCOCC1Cc2ccccc2CN1C(=O)c1ccc(OC)cc1. The summed E-state index contributed by atoms with van der Waals surface area (Å²) in [6.07, 6.45) is 12.9. The van der Waals surface area contributed by atoms with Gasteiger partial charge in [-0.15, -0.1) is 0 Å². The summed E-state index contributed by atoms with van der Waals surface area (Å²) in [5.41, 5.74) is 3.20. The zero-order valence-corrected chi connectivity index (χ0v) is 24.1. The smallest absolute Gasteiger partial charge is 0.254 e. The van der Waals surface area contributed by atoms with E-state index in [0.717, 1.165) is 57.4 Å². The van der Waals surface area contributed by atoms with Crippen molar-refractivity contribution in [2.24, 2.45) is 0 Å². The molecule has 1 aliphatic rings. The van der Waals surface area contributed by atoms with Crippen molar-refractivity contribution < 1.29 is 19.1 Å². The van der Waals surface area contributed by atoms with Crippen LogP contribution in [0.15, 0.2) is 48.5 Å². The number of nitrogens with one attached hydrogen (secondary N) is 1. The Bertz CT molecular complexity index is 992. The number of benzene rings is 2. The number of rotatable bonds is 18. The Labute approximate surface area is 242 Å². The number of ether oxygens (including phenoxy) is 2. The summed E-state index contributed by atoms with van der Waals surface area (Å²) in [5.74, 6) is 0.990. The molecular formula is C34H52N2O4. The van der Waals surface area contributed by atoms with E-state index < -0.39 is 0 Å². The Balaban J connectivity index is 0.00000560. The first-order valence-electron chi connectivity index (χ1n) is 15.0. The third-order valence-electron chi connectivity index (χ3n) is 7.56. The molecule has 0 aromatic heterocycles. The fourth-order valence-electron chi connectivity index (χ4n) is 5.14. The molecule has 0 spiro atoms. The van der Waals surface area contributed by atoms with Crippen molar-refractivity contribution in [3.8, 4) is 5.75 Å². The van der Waals surface area contributed by atoms with Gasteiger partial charge in [0.05, 0.1) is 19.8 Å². The average Bonchev–Trinajstić information content (AvgIpc) is 2.97. The number of hydrogen-bond acceptors (Lipinski definition) is 4. The van der Waals surface area contributed by atoms with E-state index in [1.54, 1.807) is 7.11 Å².